The van der Waals surface area contributed by atoms with Crippen molar-refractivity contribution in [1.82, 2.24) is 0 Å². The minimum atomic E-state index is -0.287. The van der Waals surface area contributed by atoms with E-state index in [1.165, 1.54) is 17.7 Å². The predicted molar refractivity (Wildman–Crippen MR) is 121 cm³/mol. The molecule has 1 heterocycles. The molecule has 4 rings (SSSR count). The molecule has 32 heavy (non-hydrogen) atoms. The summed E-state index contributed by atoms with van der Waals surface area (Å²) in [6.07, 6.45) is 0.976. The van der Waals surface area contributed by atoms with Gasteiger partial charge < -0.3 is 14.2 Å². The fourth-order valence-electron chi connectivity index (χ4n) is 3.72. The highest BCUT2D eigenvalue weighted by Gasteiger charge is 2.20. The van der Waals surface area contributed by atoms with Crippen LogP contribution in [0.3, 0.4) is 0 Å². The van der Waals surface area contributed by atoms with E-state index in [1.807, 2.05) is 24.3 Å². The minimum absolute atomic E-state index is 0.194. The number of carbonyl (C=O) groups excluding carboxylic acids is 1. The van der Waals surface area contributed by atoms with E-state index in [0.717, 1.165) is 35.5 Å². The van der Waals surface area contributed by atoms with Crippen LogP contribution in [-0.4, -0.2) is 25.8 Å². The van der Waals surface area contributed by atoms with E-state index in [4.69, 9.17) is 14.2 Å². The summed E-state index contributed by atoms with van der Waals surface area (Å²) < 4.78 is 30.1. The number of rotatable bonds is 9. The summed E-state index contributed by atoms with van der Waals surface area (Å²) in [4.78, 5) is 11.5. The van der Waals surface area contributed by atoms with Crippen LogP contribution >= 0.6 is 0 Å². The Kier molecular flexibility index (Phi) is 7.17. The topological polar surface area (TPSA) is 44.8 Å². The Morgan fingerprint density at radius 3 is 2.44 bits per heavy atom. The second-order valence-corrected chi connectivity index (χ2v) is 7.90. The lowest BCUT2D eigenvalue weighted by atomic mass is 9.93. The molecule has 0 radical (unpaired) electrons. The highest BCUT2D eigenvalue weighted by atomic mass is 19.1. The fraction of sp³-hybridized carbons (Fsp3) is 0.296. The van der Waals surface area contributed by atoms with E-state index < -0.39 is 0 Å². The number of esters is 1. The molecule has 0 aromatic heterocycles. The van der Waals surface area contributed by atoms with Gasteiger partial charge in [0, 0.05) is 12.3 Å². The van der Waals surface area contributed by atoms with Crippen LogP contribution in [0, 0.1) is 5.82 Å². The Labute approximate surface area is 187 Å². The number of aryl methyl sites for hydroxylation is 1. The van der Waals surface area contributed by atoms with Crippen LogP contribution < -0.4 is 4.74 Å². The summed E-state index contributed by atoms with van der Waals surface area (Å²) >= 11 is 0. The first-order valence-corrected chi connectivity index (χ1v) is 11.0. The quantitative estimate of drug-likeness (QED) is 0.407. The van der Waals surface area contributed by atoms with Crippen molar-refractivity contribution in [2.45, 2.75) is 32.3 Å². The molecule has 5 heteroatoms. The van der Waals surface area contributed by atoms with Crippen molar-refractivity contribution >= 4 is 5.97 Å². The van der Waals surface area contributed by atoms with Gasteiger partial charge in [0.25, 0.3) is 0 Å². The number of halogens is 1. The molecular formula is C27H27FO4. The second-order valence-electron chi connectivity index (χ2n) is 7.90. The van der Waals surface area contributed by atoms with Crippen molar-refractivity contribution < 1.29 is 23.4 Å². The van der Waals surface area contributed by atoms with Crippen molar-refractivity contribution in [3.8, 4) is 16.9 Å². The summed E-state index contributed by atoms with van der Waals surface area (Å²) in [7, 11) is 0. The molecule has 1 aliphatic rings. The van der Waals surface area contributed by atoms with E-state index in [9.17, 15) is 9.18 Å². The monoisotopic (exact) mass is 434 g/mol. The summed E-state index contributed by atoms with van der Waals surface area (Å²) in [6, 6.07) is 20.8. The summed E-state index contributed by atoms with van der Waals surface area (Å²) in [6.45, 7) is 4.00. The van der Waals surface area contributed by atoms with Crippen molar-refractivity contribution in [1.29, 1.82) is 0 Å². The number of hydrogen-bond acceptors (Lipinski definition) is 4. The van der Waals surface area contributed by atoms with Gasteiger partial charge in [0.2, 0.25) is 0 Å². The molecule has 0 bridgehead atoms. The molecule has 3 aromatic carbocycles. The van der Waals surface area contributed by atoms with E-state index in [-0.39, 0.29) is 18.4 Å². The maximum Gasteiger partial charge on any atom is 0.306 e. The number of ether oxygens (including phenoxy) is 3. The third-order valence-electron chi connectivity index (χ3n) is 5.64. The number of hydrogen-bond donors (Lipinski definition) is 0. The lowest BCUT2D eigenvalue weighted by Gasteiger charge is -2.26. The van der Waals surface area contributed by atoms with Gasteiger partial charge in [0.15, 0.2) is 0 Å². The normalized spacial score (nSPS) is 13.4. The Hall–Kier alpha value is -3.18. The zero-order valence-electron chi connectivity index (χ0n) is 18.2. The molecule has 0 saturated carbocycles. The molecule has 1 fully saturated rings. The van der Waals surface area contributed by atoms with E-state index in [1.54, 1.807) is 13.0 Å². The largest absolute Gasteiger partial charge is 0.489 e. The van der Waals surface area contributed by atoms with Crippen LogP contribution in [0.1, 0.15) is 36.0 Å². The van der Waals surface area contributed by atoms with Gasteiger partial charge in [0.1, 0.15) is 18.2 Å². The Bertz CT molecular complexity index is 1040. The van der Waals surface area contributed by atoms with Crippen LogP contribution in [0.2, 0.25) is 0 Å². The molecular weight excluding hydrogens is 407 g/mol. The van der Waals surface area contributed by atoms with Crippen LogP contribution in [-0.2, 0) is 27.3 Å². The van der Waals surface area contributed by atoms with Gasteiger partial charge in [-0.2, -0.15) is 0 Å². The molecule has 1 aliphatic heterocycles. The van der Waals surface area contributed by atoms with Crippen molar-refractivity contribution in [2.75, 3.05) is 19.8 Å². The first kappa shape index (κ1) is 22.0. The van der Waals surface area contributed by atoms with Gasteiger partial charge in [0.05, 0.1) is 19.8 Å². The summed E-state index contributed by atoms with van der Waals surface area (Å²) in [5.74, 6) is 0.686. The van der Waals surface area contributed by atoms with Crippen LogP contribution in [0.4, 0.5) is 4.39 Å². The lowest BCUT2D eigenvalue weighted by Crippen LogP contribution is -2.24. The molecule has 0 amide bonds. The van der Waals surface area contributed by atoms with E-state index >= 15 is 0 Å². The van der Waals surface area contributed by atoms with Crippen LogP contribution in [0.25, 0.3) is 11.1 Å². The molecule has 1 saturated heterocycles. The Balaban J connectivity index is 1.41. The molecule has 3 aromatic rings. The third kappa shape index (κ3) is 5.54. The Morgan fingerprint density at radius 1 is 1.03 bits per heavy atom. The van der Waals surface area contributed by atoms with Crippen molar-refractivity contribution in [3.05, 3.63) is 89.2 Å². The van der Waals surface area contributed by atoms with Gasteiger partial charge in [-0.05, 0) is 65.4 Å². The summed E-state index contributed by atoms with van der Waals surface area (Å²) in [5.41, 5.74) is 5.07. The third-order valence-corrected chi connectivity index (χ3v) is 5.64. The van der Waals surface area contributed by atoms with Gasteiger partial charge >= 0.3 is 5.97 Å². The highest BCUT2D eigenvalue weighted by Crippen LogP contribution is 2.30. The van der Waals surface area contributed by atoms with Crippen molar-refractivity contribution in [2.24, 2.45) is 0 Å². The molecule has 0 spiro atoms. The molecule has 0 N–H and O–H groups in total. The average molecular weight is 435 g/mol. The SMILES string of the molecule is CCOC(=O)CCc1ccc(OCc2cc(F)ccc2-c2ccc(C3COC3)cc2)cc1. The lowest BCUT2D eigenvalue weighted by molar-refractivity contribution is -0.143. The maximum atomic E-state index is 14.0. The minimum Gasteiger partial charge on any atom is -0.489 e. The van der Waals surface area contributed by atoms with Gasteiger partial charge in [-0.25, -0.2) is 4.39 Å². The molecule has 4 nitrogen and oxygen atoms in total. The number of benzene rings is 3. The molecule has 166 valence electrons. The maximum absolute atomic E-state index is 14.0. The summed E-state index contributed by atoms with van der Waals surface area (Å²) in [5, 5.41) is 0. The highest BCUT2D eigenvalue weighted by molar-refractivity contribution is 5.69. The smallest absolute Gasteiger partial charge is 0.306 e. The van der Waals surface area contributed by atoms with Gasteiger partial charge in [-0.15, -0.1) is 0 Å². The second kappa shape index (κ2) is 10.4. The molecule has 0 atom stereocenters. The first-order chi connectivity index (χ1) is 15.6. The standard InChI is InChI=1S/C27H27FO4/c1-2-31-27(29)14-5-19-3-11-25(12-4-19)32-18-22-15-24(28)10-13-26(22)21-8-6-20(7-9-21)23-16-30-17-23/h3-4,6-13,15,23H,2,5,14,16-18H2,1H3. The zero-order chi connectivity index (χ0) is 22.3. The van der Waals surface area contributed by atoms with Gasteiger partial charge in [-0.1, -0.05) is 42.5 Å². The first-order valence-electron chi connectivity index (χ1n) is 11.0. The zero-order valence-corrected chi connectivity index (χ0v) is 18.2. The van der Waals surface area contributed by atoms with Crippen LogP contribution in [0.5, 0.6) is 5.75 Å². The van der Waals surface area contributed by atoms with E-state index in [2.05, 4.69) is 24.3 Å². The average Bonchev–Trinajstić information content (AvgIpc) is 2.77. The fourth-order valence-corrected chi connectivity index (χ4v) is 3.72. The van der Waals surface area contributed by atoms with E-state index in [0.29, 0.717) is 31.1 Å². The van der Waals surface area contributed by atoms with Gasteiger partial charge in [-0.3, -0.25) is 4.79 Å². The molecule has 0 unspecified atom stereocenters. The predicted octanol–water partition coefficient (Wildman–Crippen LogP) is 5.68. The molecule has 0 aliphatic carbocycles. The van der Waals surface area contributed by atoms with Crippen LogP contribution in [0.15, 0.2) is 66.7 Å². The van der Waals surface area contributed by atoms with Crippen molar-refractivity contribution in [3.63, 3.8) is 0 Å². The number of carbonyl (C=O) groups is 1. The Morgan fingerprint density at radius 2 is 1.78 bits per heavy atom.